The van der Waals surface area contributed by atoms with Crippen LogP contribution in [0.25, 0.3) is 5.69 Å². The van der Waals surface area contributed by atoms with Crippen LogP contribution in [0.5, 0.6) is 0 Å². The molecule has 5 nitrogen and oxygen atoms in total. The number of aliphatic hydroxyl groups is 1. The number of aliphatic hydroxyl groups excluding tert-OH is 1. The molecule has 0 bridgehead atoms. The smallest absolute Gasteiger partial charge is 0.147 e. The molecule has 102 valence electrons. The predicted molar refractivity (Wildman–Crippen MR) is 72.9 cm³/mol. The Hall–Kier alpha value is -1.66. The van der Waals surface area contributed by atoms with Gasteiger partial charge >= 0.3 is 0 Å². The van der Waals surface area contributed by atoms with E-state index in [0.717, 1.165) is 11.9 Å². The minimum absolute atomic E-state index is 0.0492. The highest BCUT2D eigenvalue weighted by atomic mass is 32.2. The van der Waals surface area contributed by atoms with Crippen molar-refractivity contribution in [1.82, 2.24) is 9.78 Å². The molecule has 1 aromatic heterocycles. The van der Waals surface area contributed by atoms with Crippen LogP contribution in [0, 0.1) is 0 Å². The third-order valence-electron chi connectivity index (χ3n) is 2.73. The van der Waals surface area contributed by atoms with E-state index in [1.165, 1.54) is 0 Å². The number of nitrogens with zero attached hydrogens (tertiary/aromatic N) is 2. The molecule has 1 aromatic carbocycles. The third-order valence-corrected chi connectivity index (χ3v) is 3.71. The Morgan fingerprint density at radius 1 is 1.26 bits per heavy atom. The zero-order valence-electron chi connectivity index (χ0n) is 10.6. The van der Waals surface area contributed by atoms with Gasteiger partial charge in [-0.25, -0.2) is 13.1 Å². The van der Waals surface area contributed by atoms with Crippen LogP contribution in [0.2, 0.25) is 0 Å². The predicted octanol–water partition coefficient (Wildman–Crippen LogP) is 1.34. The van der Waals surface area contributed by atoms with Crippen molar-refractivity contribution in [2.24, 2.45) is 0 Å². The molecular formula is C13H16N2O3S. The molecule has 0 spiro atoms. The van der Waals surface area contributed by atoms with Gasteiger partial charge in [-0.2, -0.15) is 5.10 Å². The molecule has 1 atom stereocenters. The summed E-state index contributed by atoms with van der Waals surface area (Å²) in [5.74, 6) is -0.0492. The molecule has 0 fully saturated rings. The van der Waals surface area contributed by atoms with Gasteiger partial charge < -0.3 is 5.11 Å². The lowest BCUT2D eigenvalue weighted by Gasteiger charge is -2.06. The van der Waals surface area contributed by atoms with Gasteiger partial charge in [-0.1, -0.05) is 18.2 Å². The Kier molecular flexibility index (Phi) is 4.01. The second-order valence-corrected chi connectivity index (χ2v) is 6.71. The molecule has 0 saturated heterocycles. The fourth-order valence-corrected chi connectivity index (χ4v) is 2.37. The first-order chi connectivity index (χ1) is 8.96. The summed E-state index contributed by atoms with van der Waals surface area (Å²) in [7, 11) is -3.07. The fraction of sp³-hybridized carbons (Fsp3) is 0.308. The average Bonchev–Trinajstić information content (AvgIpc) is 2.86. The molecule has 0 aliphatic carbocycles. The van der Waals surface area contributed by atoms with Crippen molar-refractivity contribution >= 4 is 9.84 Å². The maximum Gasteiger partial charge on any atom is 0.147 e. The second-order valence-electron chi connectivity index (χ2n) is 4.46. The number of hydrogen-bond acceptors (Lipinski definition) is 4. The fourth-order valence-electron chi connectivity index (χ4n) is 1.71. The number of hydrogen-bond donors (Lipinski definition) is 1. The Balaban J connectivity index is 2.09. The van der Waals surface area contributed by atoms with Crippen molar-refractivity contribution in [3.63, 3.8) is 0 Å². The zero-order chi connectivity index (χ0) is 13.9. The highest BCUT2D eigenvalue weighted by molar-refractivity contribution is 7.90. The Labute approximate surface area is 112 Å². The van der Waals surface area contributed by atoms with E-state index in [0.29, 0.717) is 5.69 Å². The molecule has 1 unspecified atom stereocenters. The summed E-state index contributed by atoms with van der Waals surface area (Å²) >= 11 is 0. The maximum atomic E-state index is 11.1. The quantitative estimate of drug-likeness (QED) is 0.897. The molecule has 2 rings (SSSR count). The summed E-state index contributed by atoms with van der Waals surface area (Å²) in [5.41, 5.74) is 1.37. The summed E-state index contributed by atoms with van der Waals surface area (Å²) in [6.45, 7) is 0. The summed E-state index contributed by atoms with van der Waals surface area (Å²) in [4.78, 5) is 0. The molecule has 1 heterocycles. The monoisotopic (exact) mass is 280 g/mol. The number of sulfone groups is 1. The Bertz CT molecular complexity index is 635. The third kappa shape index (κ3) is 3.90. The Morgan fingerprint density at radius 2 is 1.95 bits per heavy atom. The molecule has 0 saturated carbocycles. The van der Waals surface area contributed by atoms with E-state index in [1.54, 1.807) is 16.9 Å². The summed E-state index contributed by atoms with van der Waals surface area (Å²) < 4.78 is 23.8. The first-order valence-electron chi connectivity index (χ1n) is 5.92. The number of para-hydroxylation sites is 1. The maximum absolute atomic E-state index is 11.1. The van der Waals surface area contributed by atoms with Crippen molar-refractivity contribution in [3.8, 4) is 5.69 Å². The van der Waals surface area contributed by atoms with Gasteiger partial charge in [0.2, 0.25) is 0 Å². The van der Waals surface area contributed by atoms with E-state index in [-0.39, 0.29) is 12.2 Å². The van der Waals surface area contributed by atoms with Crippen LogP contribution in [0.4, 0.5) is 0 Å². The van der Waals surface area contributed by atoms with E-state index in [1.807, 2.05) is 30.3 Å². The SMILES string of the molecule is CS(=O)(=O)CCC(O)c1ccn(-c2ccccc2)n1. The van der Waals surface area contributed by atoms with Crippen LogP contribution < -0.4 is 0 Å². The second kappa shape index (κ2) is 5.54. The number of benzene rings is 1. The molecule has 0 amide bonds. The van der Waals surface area contributed by atoms with Crippen LogP contribution in [0.1, 0.15) is 18.2 Å². The summed E-state index contributed by atoms with van der Waals surface area (Å²) in [5, 5.41) is 14.2. The lowest BCUT2D eigenvalue weighted by Crippen LogP contribution is -2.09. The van der Waals surface area contributed by atoms with E-state index >= 15 is 0 Å². The van der Waals surface area contributed by atoms with Crippen LogP contribution >= 0.6 is 0 Å². The number of aromatic nitrogens is 2. The minimum Gasteiger partial charge on any atom is -0.387 e. The van der Waals surface area contributed by atoms with Gasteiger partial charge in [-0.3, -0.25) is 0 Å². The van der Waals surface area contributed by atoms with Gasteiger partial charge in [0.05, 0.1) is 23.2 Å². The van der Waals surface area contributed by atoms with Gasteiger partial charge in [0.15, 0.2) is 0 Å². The van der Waals surface area contributed by atoms with E-state index in [9.17, 15) is 13.5 Å². The normalized spacial score (nSPS) is 13.4. The van der Waals surface area contributed by atoms with Crippen LogP contribution in [-0.2, 0) is 9.84 Å². The first kappa shape index (κ1) is 13.8. The largest absolute Gasteiger partial charge is 0.387 e. The van der Waals surface area contributed by atoms with Crippen LogP contribution in [-0.4, -0.2) is 35.3 Å². The van der Waals surface area contributed by atoms with Crippen molar-refractivity contribution < 1.29 is 13.5 Å². The van der Waals surface area contributed by atoms with Crippen LogP contribution in [0.3, 0.4) is 0 Å². The average molecular weight is 280 g/mol. The topological polar surface area (TPSA) is 72.2 Å². The van der Waals surface area contributed by atoms with Gasteiger partial charge in [0, 0.05) is 12.5 Å². The lowest BCUT2D eigenvalue weighted by atomic mass is 10.2. The van der Waals surface area contributed by atoms with Crippen molar-refractivity contribution in [3.05, 3.63) is 48.3 Å². The Morgan fingerprint density at radius 3 is 2.58 bits per heavy atom. The highest BCUT2D eigenvalue weighted by Crippen LogP contribution is 2.16. The van der Waals surface area contributed by atoms with Crippen molar-refractivity contribution in [2.45, 2.75) is 12.5 Å². The molecule has 2 aromatic rings. The molecule has 19 heavy (non-hydrogen) atoms. The van der Waals surface area contributed by atoms with Crippen LogP contribution in [0.15, 0.2) is 42.6 Å². The van der Waals surface area contributed by atoms with Crippen molar-refractivity contribution in [1.29, 1.82) is 0 Å². The highest BCUT2D eigenvalue weighted by Gasteiger charge is 2.14. The van der Waals surface area contributed by atoms with E-state index < -0.39 is 15.9 Å². The molecule has 0 radical (unpaired) electrons. The molecular weight excluding hydrogens is 264 g/mol. The van der Waals surface area contributed by atoms with Gasteiger partial charge in [0.1, 0.15) is 9.84 Å². The van der Waals surface area contributed by atoms with Gasteiger partial charge in [-0.05, 0) is 24.6 Å². The molecule has 6 heteroatoms. The summed E-state index contributed by atoms with van der Waals surface area (Å²) in [6.07, 6.45) is 2.20. The molecule has 0 aliphatic heterocycles. The standard InChI is InChI=1S/C13H16N2O3S/c1-19(17,18)10-8-13(16)12-7-9-15(14-12)11-5-3-2-4-6-11/h2-7,9,13,16H,8,10H2,1H3. The van der Waals surface area contributed by atoms with E-state index in [4.69, 9.17) is 0 Å². The van der Waals surface area contributed by atoms with E-state index in [2.05, 4.69) is 5.10 Å². The molecule has 1 N–H and O–H groups in total. The lowest BCUT2D eigenvalue weighted by molar-refractivity contribution is 0.169. The zero-order valence-corrected chi connectivity index (χ0v) is 11.4. The first-order valence-corrected chi connectivity index (χ1v) is 7.98. The minimum atomic E-state index is -3.07. The van der Waals surface area contributed by atoms with Gasteiger partial charge in [-0.15, -0.1) is 0 Å². The number of rotatable bonds is 5. The molecule has 0 aliphatic rings. The summed E-state index contributed by atoms with van der Waals surface area (Å²) in [6, 6.07) is 11.2. The van der Waals surface area contributed by atoms with Crippen molar-refractivity contribution in [2.75, 3.05) is 12.0 Å². The van der Waals surface area contributed by atoms with Gasteiger partial charge in [0.25, 0.3) is 0 Å².